The molecule has 0 aliphatic carbocycles. The fraction of sp³-hybridized carbons (Fsp3) is 0.667. The second kappa shape index (κ2) is 6.09. The number of carbonyl (C=O) groups excluding carboxylic acids is 1. The fourth-order valence-corrected chi connectivity index (χ4v) is 2.12. The van der Waals surface area contributed by atoms with E-state index in [0.717, 1.165) is 5.69 Å². The molecule has 1 unspecified atom stereocenters. The molecule has 0 spiro atoms. The van der Waals surface area contributed by atoms with E-state index in [1.165, 1.54) is 18.3 Å². The highest BCUT2D eigenvalue weighted by molar-refractivity contribution is 7.13. The van der Waals surface area contributed by atoms with Crippen LogP contribution in [0.4, 0.5) is 18.3 Å². The van der Waals surface area contributed by atoms with Crippen LogP contribution in [0.25, 0.3) is 0 Å². The summed E-state index contributed by atoms with van der Waals surface area (Å²) in [6.45, 7) is 5.74. The number of thiazole rings is 1. The summed E-state index contributed by atoms with van der Waals surface area (Å²) >= 11 is 1.22. The van der Waals surface area contributed by atoms with Crippen LogP contribution >= 0.6 is 11.3 Å². The number of ether oxygens (including phenoxy) is 1. The number of halogens is 3. The standard InChI is InChI=1S/C12H17F3N2O2S/c1-7(19-6-12(13,14)15)9(18)17-10-16-8(5-20-10)11(2,3)4/h5,7H,6H2,1-4H3,(H,16,17,18). The van der Waals surface area contributed by atoms with Gasteiger partial charge in [-0.2, -0.15) is 13.2 Å². The van der Waals surface area contributed by atoms with Crippen molar-refractivity contribution >= 4 is 22.4 Å². The number of amides is 1. The van der Waals surface area contributed by atoms with Gasteiger partial charge in [0, 0.05) is 10.8 Å². The molecule has 1 N–H and O–H groups in total. The van der Waals surface area contributed by atoms with Gasteiger partial charge in [0.2, 0.25) is 0 Å². The first kappa shape index (κ1) is 16.9. The molecule has 0 bridgehead atoms. The highest BCUT2D eigenvalue weighted by Gasteiger charge is 2.30. The van der Waals surface area contributed by atoms with E-state index in [0.29, 0.717) is 5.13 Å². The number of anilines is 1. The molecule has 0 aromatic carbocycles. The van der Waals surface area contributed by atoms with E-state index >= 15 is 0 Å². The molecule has 1 aromatic rings. The Morgan fingerprint density at radius 2 is 2.05 bits per heavy atom. The molecule has 1 atom stereocenters. The van der Waals surface area contributed by atoms with E-state index in [1.54, 1.807) is 5.38 Å². The van der Waals surface area contributed by atoms with Gasteiger partial charge >= 0.3 is 6.18 Å². The minimum atomic E-state index is -4.45. The monoisotopic (exact) mass is 310 g/mol. The van der Waals surface area contributed by atoms with Crippen molar-refractivity contribution in [2.75, 3.05) is 11.9 Å². The van der Waals surface area contributed by atoms with Gasteiger partial charge in [-0.3, -0.25) is 10.1 Å². The molecule has 114 valence electrons. The van der Waals surface area contributed by atoms with Crippen LogP contribution in [-0.4, -0.2) is 29.8 Å². The molecule has 0 fully saturated rings. The summed E-state index contributed by atoms with van der Waals surface area (Å²) in [5.41, 5.74) is 0.652. The van der Waals surface area contributed by atoms with Crippen molar-refractivity contribution < 1.29 is 22.7 Å². The Bertz CT molecular complexity index is 466. The molecular formula is C12H17F3N2O2S. The van der Waals surface area contributed by atoms with E-state index in [9.17, 15) is 18.0 Å². The van der Waals surface area contributed by atoms with Gasteiger partial charge in [0.15, 0.2) is 5.13 Å². The Morgan fingerprint density at radius 3 is 2.50 bits per heavy atom. The Kier molecular flexibility index (Phi) is 5.15. The molecule has 0 saturated heterocycles. The molecule has 1 heterocycles. The molecule has 4 nitrogen and oxygen atoms in total. The highest BCUT2D eigenvalue weighted by Crippen LogP contribution is 2.26. The van der Waals surface area contributed by atoms with Gasteiger partial charge in [-0.1, -0.05) is 20.8 Å². The second-order valence-corrected chi connectivity index (χ2v) is 6.20. The van der Waals surface area contributed by atoms with Crippen LogP contribution < -0.4 is 5.32 Å². The van der Waals surface area contributed by atoms with E-state index < -0.39 is 24.8 Å². The number of alkyl halides is 3. The van der Waals surface area contributed by atoms with Crippen molar-refractivity contribution in [1.29, 1.82) is 0 Å². The lowest BCUT2D eigenvalue weighted by Crippen LogP contribution is -2.31. The Labute approximate surface area is 119 Å². The van der Waals surface area contributed by atoms with Crippen LogP contribution in [0.15, 0.2) is 5.38 Å². The van der Waals surface area contributed by atoms with Gasteiger partial charge in [0.25, 0.3) is 5.91 Å². The fourth-order valence-electron chi connectivity index (χ4n) is 1.18. The molecule has 0 saturated carbocycles. The highest BCUT2D eigenvalue weighted by atomic mass is 32.1. The van der Waals surface area contributed by atoms with Crippen LogP contribution in [0.1, 0.15) is 33.4 Å². The number of hydrogen-bond acceptors (Lipinski definition) is 4. The van der Waals surface area contributed by atoms with Gasteiger partial charge < -0.3 is 4.74 Å². The van der Waals surface area contributed by atoms with Crippen molar-refractivity contribution in [3.8, 4) is 0 Å². The summed E-state index contributed by atoms with van der Waals surface area (Å²) < 4.78 is 40.4. The molecule has 1 aromatic heterocycles. The lowest BCUT2D eigenvalue weighted by molar-refractivity contribution is -0.184. The predicted octanol–water partition coefficient (Wildman–Crippen LogP) is 3.35. The average Bonchev–Trinajstić information content (AvgIpc) is 2.72. The van der Waals surface area contributed by atoms with Gasteiger partial charge in [0.05, 0.1) is 5.69 Å². The minimum absolute atomic E-state index is 0.155. The Hall–Kier alpha value is -1.15. The van der Waals surface area contributed by atoms with E-state index in [1.807, 2.05) is 20.8 Å². The molecule has 0 aliphatic heterocycles. The number of nitrogens with one attached hydrogen (secondary N) is 1. The largest absolute Gasteiger partial charge is 0.411 e. The third kappa shape index (κ3) is 5.46. The van der Waals surface area contributed by atoms with Crippen LogP contribution in [0.5, 0.6) is 0 Å². The molecule has 0 radical (unpaired) electrons. The quantitative estimate of drug-likeness (QED) is 0.928. The molecule has 1 rings (SSSR count). The van der Waals surface area contributed by atoms with E-state index in [4.69, 9.17) is 0 Å². The molecule has 8 heteroatoms. The Balaban J connectivity index is 2.56. The average molecular weight is 310 g/mol. The normalized spacial score (nSPS) is 14.2. The molecule has 1 amide bonds. The van der Waals surface area contributed by atoms with Crippen LogP contribution in [-0.2, 0) is 14.9 Å². The van der Waals surface area contributed by atoms with Crippen molar-refractivity contribution in [2.45, 2.75) is 45.4 Å². The minimum Gasteiger partial charge on any atom is -0.359 e. The summed E-state index contributed by atoms with van der Waals surface area (Å²) in [7, 11) is 0. The topological polar surface area (TPSA) is 51.2 Å². The molecule has 0 aliphatic rings. The third-order valence-corrected chi connectivity index (χ3v) is 3.13. The first-order valence-corrected chi connectivity index (χ1v) is 6.82. The number of rotatable bonds is 4. The van der Waals surface area contributed by atoms with E-state index in [-0.39, 0.29) is 5.41 Å². The summed E-state index contributed by atoms with van der Waals surface area (Å²) in [4.78, 5) is 15.9. The summed E-state index contributed by atoms with van der Waals surface area (Å²) in [5, 5.41) is 4.60. The van der Waals surface area contributed by atoms with Crippen LogP contribution in [0.2, 0.25) is 0 Å². The summed E-state index contributed by atoms with van der Waals surface area (Å²) in [5.74, 6) is -0.649. The maximum atomic E-state index is 12.0. The zero-order valence-electron chi connectivity index (χ0n) is 11.7. The zero-order valence-corrected chi connectivity index (χ0v) is 12.5. The predicted molar refractivity (Wildman–Crippen MR) is 70.9 cm³/mol. The van der Waals surface area contributed by atoms with Crippen molar-refractivity contribution in [2.24, 2.45) is 0 Å². The Morgan fingerprint density at radius 1 is 1.45 bits per heavy atom. The second-order valence-electron chi connectivity index (χ2n) is 5.35. The zero-order chi connectivity index (χ0) is 15.6. The van der Waals surface area contributed by atoms with Crippen molar-refractivity contribution in [1.82, 2.24) is 4.98 Å². The lowest BCUT2D eigenvalue weighted by atomic mass is 9.93. The summed E-state index contributed by atoms with van der Waals surface area (Å²) in [6, 6.07) is 0. The van der Waals surface area contributed by atoms with Gasteiger partial charge in [-0.05, 0) is 6.92 Å². The number of hydrogen-bond donors (Lipinski definition) is 1. The lowest BCUT2D eigenvalue weighted by Gasteiger charge is -2.15. The SMILES string of the molecule is CC(OCC(F)(F)F)C(=O)Nc1nc(C(C)(C)C)cs1. The smallest absolute Gasteiger partial charge is 0.359 e. The number of aromatic nitrogens is 1. The first-order chi connectivity index (χ1) is 8.99. The van der Waals surface area contributed by atoms with Gasteiger partial charge in [-0.25, -0.2) is 4.98 Å². The summed E-state index contributed by atoms with van der Waals surface area (Å²) in [6.07, 6.45) is -5.65. The van der Waals surface area contributed by atoms with Gasteiger partial charge in [-0.15, -0.1) is 11.3 Å². The maximum absolute atomic E-state index is 12.0. The molecule has 20 heavy (non-hydrogen) atoms. The van der Waals surface area contributed by atoms with E-state index in [2.05, 4.69) is 15.0 Å². The van der Waals surface area contributed by atoms with Crippen LogP contribution in [0.3, 0.4) is 0 Å². The number of nitrogens with zero attached hydrogens (tertiary/aromatic N) is 1. The van der Waals surface area contributed by atoms with Gasteiger partial charge in [0.1, 0.15) is 12.7 Å². The number of carbonyl (C=O) groups is 1. The van der Waals surface area contributed by atoms with Crippen LogP contribution in [0, 0.1) is 0 Å². The first-order valence-electron chi connectivity index (χ1n) is 5.94. The van der Waals surface area contributed by atoms with Crippen molar-refractivity contribution in [3.63, 3.8) is 0 Å². The van der Waals surface area contributed by atoms with Crippen molar-refractivity contribution in [3.05, 3.63) is 11.1 Å². The maximum Gasteiger partial charge on any atom is 0.411 e. The molecular weight excluding hydrogens is 293 g/mol. The third-order valence-electron chi connectivity index (χ3n) is 2.37.